The predicted molar refractivity (Wildman–Crippen MR) is 101 cm³/mol. The highest BCUT2D eigenvalue weighted by atomic mass is 35.5. The molecule has 122 valence electrons. The van der Waals surface area contributed by atoms with Gasteiger partial charge in [0, 0.05) is 24.1 Å². The highest BCUT2D eigenvalue weighted by Gasteiger charge is 2.28. The number of halogens is 1. The van der Waals surface area contributed by atoms with Gasteiger partial charge in [-0.3, -0.25) is 0 Å². The number of aromatic nitrogens is 1. The summed E-state index contributed by atoms with van der Waals surface area (Å²) in [4.78, 5) is 6.94. The number of allylic oxidation sites excluding steroid dienone is 3. The lowest BCUT2D eigenvalue weighted by Gasteiger charge is -2.36. The molecule has 2 unspecified atom stereocenters. The Labute approximate surface area is 150 Å². The van der Waals surface area contributed by atoms with E-state index in [4.69, 9.17) is 21.3 Å². The Hall–Kier alpha value is -2.04. The SMILES string of the molecule is COc1ccc2sc(C=C3C=CN(C)C4C=CC(Cl)=CC34)nc2c1. The number of hydrogen-bond donors (Lipinski definition) is 0. The van der Waals surface area contributed by atoms with E-state index in [1.807, 2.05) is 18.2 Å². The van der Waals surface area contributed by atoms with E-state index in [1.165, 1.54) is 5.57 Å². The summed E-state index contributed by atoms with van der Waals surface area (Å²) in [6.45, 7) is 0. The number of benzene rings is 1. The van der Waals surface area contributed by atoms with E-state index >= 15 is 0 Å². The maximum absolute atomic E-state index is 6.23. The van der Waals surface area contributed by atoms with Crippen molar-refractivity contribution in [1.82, 2.24) is 9.88 Å². The van der Waals surface area contributed by atoms with Crippen LogP contribution in [-0.4, -0.2) is 30.1 Å². The zero-order valence-corrected chi connectivity index (χ0v) is 15.0. The molecule has 0 radical (unpaired) electrons. The Morgan fingerprint density at radius 1 is 1.33 bits per heavy atom. The van der Waals surface area contributed by atoms with Crippen molar-refractivity contribution in [2.24, 2.45) is 5.92 Å². The second-order valence-corrected chi connectivity index (χ2v) is 7.44. The van der Waals surface area contributed by atoms with E-state index < -0.39 is 0 Å². The van der Waals surface area contributed by atoms with Crippen molar-refractivity contribution in [3.05, 3.63) is 64.3 Å². The van der Waals surface area contributed by atoms with Gasteiger partial charge in [-0.15, -0.1) is 11.3 Å². The van der Waals surface area contributed by atoms with Gasteiger partial charge in [-0.1, -0.05) is 23.8 Å². The summed E-state index contributed by atoms with van der Waals surface area (Å²) in [7, 11) is 3.76. The topological polar surface area (TPSA) is 25.4 Å². The smallest absolute Gasteiger partial charge is 0.121 e. The third kappa shape index (κ3) is 2.76. The average molecular weight is 357 g/mol. The minimum absolute atomic E-state index is 0.249. The van der Waals surface area contributed by atoms with E-state index in [0.29, 0.717) is 6.04 Å². The van der Waals surface area contributed by atoms with Gasteiger partial charge in [-0.25, -0.2) is 4.98 Å². The molecule has 2 heterocycles. The number of thiazole rings is 1. The molecule has 0 bridgehead atoms. The molecule has 0 spiro atoms. The maximum atomic E-state index is 6.23. The van der Waals surface area contributed by atoms with Gasteiger partial charge in [-0.2, -0.15) is 0 Å². The molecule has 3 nitrogen and oxygen atoms in total. The summed E-state index contributed by atoms with van der Waals surface area (Å²) >= 11 is 7.92. The first-order valence-corrected chi connectivity index (χ1v) is 8.95. The predicted octanol–water partition coefficient (Wildman–Crippen LogP) is 4.82. The van der Waals surface area contributed by atoms with E-state index in [0.717, 1.165) is 26.0 Å². The Morgan fingerprint density at radius 3 is 3.04 bits per heavy atom. The lowest BCUT2D eigenvalue weighted by atomic mass is 9.84. The van der Waals surface area contributed by atoms with Gasteiger partial charge < -0.3 is 9.64 Å². The molecule has 2 aliphatic rings. The fourth-order valence-electron chi connectivity index (χ4n) is 3.13. The molecular weight excluding hydrogens is 340 g/mol. The molecule has 0 saturated carbocycles. The van der Waals surface area contributed by atoms with Crippen LogP contribution < -0.4 is 4.74 Å². The largest absolute Gasteiger partial charge is 0.497 e. The number of hydrogen-bond acceptors (Lipinski definition) is 4. The van der Waals surface area contributed by atoms with Crippen LogP contribution in [0.25, 0.3) is 16.3 Å². The number of nitrogens with zero attached hydrogens (tertiary/aromatic N) is 2. The zero-order valence-electron chi connectivity index (χ0n) is 13.4. The van der Waals surface area contributed by atoms with Gasteiger partial charge in [0.15, 0.2) is 0 Å². The lowest BCUT2D eigenvalue weighted by molar-refractivity contribution is 0.327. The molecule has 1 aromatic carbocycles. The second-order valence-electron chi connectivity index (χ2n) is 5.94. The Bertz CT molecular complexity index is 909. The highest BCUT2D eigenvalue weighted by molar-refractivity contribution is 7.19. The Kier molecular flexibility index (Phi) is 3.94. The van der Waals surface area contributed by atoms with Crippen LogP contribution in [0.1, 0.15) is 5.01 Å². The number of fused-ring (bicyclic) bond motifs is 2. The van der Waals surface area contributed by atoms with E-state index in [-0.39, 0.29) is 5.92 Å². The van der Waals surface area contributed by atoms with Crippen molar-refractivity contribution in [1.29, 1.82) is 0 Å². The first-order valence-electron chi connectivity index (χ1n) is 7.76. The molecule has 0 N–H and O–H groups in total. The zero-order chi connectivity index (χ0) is 16.7. The average Bonchev–Trinajstić information content (AvgIpc) is 2.98. The summed E-state index contributed by atoms with van der Waals surface area (Å²) < 4.78 is 6.44. The Morgan fingerprint density at radius 2 is 2.21 bits per heavy atom. The van der Waals surface area contributed by atoms with Gasteiger partial charge in [-0.05, 0) is 42.1 Å². The minimum atomic E-state index is 0.249. The summed E-state index contributed by atoms with van der Waals surface area (Å²) in [5.41, 5.74) is 2.20. The van der Waals surface area contributed by atoms with Crippen molar-refractivity contribution in [3.8, 4) is 5.75 Å². The molecule has 1 aliphatic heterocycles. The quantitative estimate of drug-likeness (QED) is 0.771. The summed E-state index contributed by atoms with van der Waals surface area (Å²) in [6, 6.07) is 6.30. The fraction of sp³-hybridized carbons (Fsp3) is 0.211. The normalized spacial score (nSPS) is 24.4. The molecule has 4 rings (SSSR count). The first kappa shape index (κ1) is 15.5. The van der Waals surface area contributed by atoms with Gasteiger partial charge >= 0.3 is 0 Å². The number of methoxy groups -OCH3 is 1. The molecule has 1 aromatic heterocycles. The van der Waals surface area contributed by atoms with Gasteiger partial charge in [0.2, 0.25) is 0 Å². The molecule has 2 atom stereocenters. The van der Waals surface area contributed by atoms with E-state index in [2.05, 4.69) is 48.5 Å². The van der Waals surface area contributed by atoms with Crippen molar-refractivity contribution in [2.45, 2.75) is 6.04 Å². The minimum Gasteiger partial charge on any atom is -0.497 e. The van der Waals surface area contributed by atoms with Crippen molar-refractivity contribution >= 4 is 39.2 Å². The van der Waals surface area contributed by atoms with Gasteiger partial charge in [0.1, 0.15) is 10.8 Å². The van der Waals surface area contributed by atoms with Crippen LogP contribution in [0.4, 0.5) is 0 Å². The van der Waals surface area contributed by atoms with Crippen LogP contribution in [-0.2, 0) is 0 Å². The van der Waals surface area contributed by atoms with Crippen LogP contribution >= 0.6 is 22.9 Å². The molecule has 2 aromatic rings. The van der Waals surface area contributed by atoms with Gasteiger partial charge in [0.05, 0.1) is 23.4 Å². The molecular formula is C19H17ClN2OS. The molecule has 1 aliphatic carbocycles. The molecule has 5 heteroatoms. The molecule has 0 saturated heterocycles. The highest BCUT2D eigenvalue weighted by Crippen LogP contribution is 2.35. The Balaban J connectivity index is 1.74. The summed E-state index contributed by atoms with van der Waals surface area (Å²) in [6.07, 6.45) is 12.7. The number of rotatable bonds is 2. The molecule has 0 amide bonds. The fourth-order valence-corrected chi connectivity index (χ4v) is 4.25. The standard InChI is InChI=1S/C19H17ClN2OS/c1-22-8-7-12(15-10-13(20)3-5-17(15)22)9-19-21-16-11-14(23-2)4-6-18(16)24-19/h3-11,15,17H,1-2H3. The third-order valence-corrected chi connectivity index (χ3v) is 5.65. The summed E-state index contributed by atoms with van der Waals surface area (Å²) in [5, 5.41) is 1.79. The van der Waals surface area contributed by atoms with E-state index in [1.54, 1.807) is 18.4 Å². The number of likely N-dealkylation sites (N-methyl/N-ethyl adjacent to an activating group) is 1. The van der Waals surface area contributed by atoms with Crippen LogP contribution in [0.5, 0.6) is 5.75 Å². The maximum Gasteiger partial charge on any atom is 0.121 e. The lowest BCUT2D eigenvalue weighted by Crippen LogP contribution is -2.36. The van der Waals surface area contributed by atoms with Crippen molar-refractivity contribution in [2.75, 3.05) is 14.2 Å². The monoisotopic (exact) mass is 356 g/mol. The number of ether oxygens (including phenoxy) is 1. The summed E-state index contributed by atoms with van der Waals surface area (Å²) in [5.74, 6) is 1.08. The first-order chi connectivity index (χ1) is 11.6. The van der Waals surface area contributed by atoms with E-state index in [9.17, 15) is 0 Å². The van der Waals surface area contributed by atoms with Crippen LogP contribution in [0.3, 0.4) is 0 Å². The van der Waals surface area contributed by atoms with Crippen LogP contribution in [0.15, 0.2) is 59.3 Å². The van der Waals surface area contributed by atoms with Crippen molar-refractivity contribution < 1.29 is 4.74 Å². The molecule has 24 heavy (non-hydrogen) atoms. The van der Waals surface area contributed by atoms with Gasteiger partial charge in [0.25, 0.3) is 0 Å². The van der Waals surface area contributed by atoms with Crippen LogP contribution in [0, 0.1) is 5.92 Å². The van der Waals surface area contributed by atoms with Crippen molar-refractivity contribution in [3.63, 3.8) is 0 Å². The molecule has 0 fully saturated rings. The third-order valence-electron chi connectivity index (χ3n) is 4.42. The second kappa shape index (κ2) is 6.11. The van der Waals surface area contributed by atoms with Crippen LogP contribution in [0.2, 0.25) is 0 Å².